The van der Waals surface area contributed by atoms with E-state index in [0.29, 0.717) is 5.15 Å². The van der Waals surface area contributed by atoms with Gasteiger partial charge in [-0.15, -0.1) is 0 Å². The molecule has 0 bridgehead atoms. The number of halogens is 1. The molecule has 2 aliphatic rings. The monoisotopic (exact) mass is 293 g/mol. The Hall–Kier alpha value is -0.640. The van der Waals surface area contributed by atoms with Crippen LogP contribution in [0.25, 0.3) is 0 Å². The van der Waals surface area contributed by atoms with Gasteiger partial charge in [0.25, 0.3) is 0 Å². The van der Waals surface area contributed by atoms with E-state index in [1.165, 1.54) is 58.4 Å². The molecule has 110 valence electrons. The van der Waals surface area contributed by atoms with E-state index in [1.54, 1.807) is 6.20 Å². The van der Waals surface area contributed by atoms with Gasteiger partial charge >= 0.3 is 0 Å². The van der Waals surface area contributed by atoms with Crippen LogP contribution in [0.1, 0.15) is 31.2 Å². The van der Waals surface area contributed by atoms with Crippen LogP contribution in [0.5, 0.6) is 0 Å². The summed E-state index contributed by atoms with van der Waals surface area (Å²) in [6.45, 7) is 7.31. The highest BCUT2D eigenvalue weighted by Gasteiger charge is 2.23. The standard InChI is InChI=1S/C16H24ClN3/c17-16-15(4-3-7-18-16)13-20-10-5-14(6-11-20)12-19-8-1-2-9-19/h3-4,7,14H,1-2,5-6,8-13H2. The van der Waals surface area contributed by atoms with Crippen molar-refractivity contribution in [2.24, 2.45) is 5.92 Å². The summed E-state index contributed by atoms with van der Waals surface area (Å²) in [7, 11) is 0. The van der Waals surface area contributed by atoms with Crippen LogP contribution in [-0.4, -0.2) is 47.5 Å². The zero-order valence-corrected chi connectivity index (χ0v) is 12.9. The fraction of sp³-hybridized carbons (Fsp3) is 0.688. The van der Waals surface area contributed by atoms with Crippen molar-refractivity contribution < 1.29 is 0 Å². The number of hydrogen-bond donors (Lipinski definition) is 0. The predicted octanol–water partition coefficient (Wildman–Crippen LogP) is 3.04. The highest BCUT2D eigenvalue weighted by atomic mass is 35.5. The fourth-order valence-electron chi connectivity index (χ4n) is 3.44. The quantitative estimate of drug-likeness (QED) is 0.796. The maximum absolute atomic E-state index is 6.14. The molecule has 3 nitrogen and oxygen atoms in total. The maximum Gasteiger partial charge on any atom is 0.133 e. The van der Waals surface area contributed by atoms with Gasteiger partial charge in [0.05, 0.1) is 0 Å². The third kappa shape index (κ3) is 3.72. The van der Waals surface area contributed by atoms with Crippen molar-refractivity contribution in [1.82, 2.24) is 14.8 Å². The first-order valence-corrected chi connectivity index (χ1v) is 8.23. The first-order valence-electron chi connectivity index (χ1n) is 7.85. The molecule has 0 amide bonds. The number of aromatic nitrogens is 1. The van der Waals surface area contributed by atoms with Crippen LogP contribution < -0.4 is 0 Å². The molecule has 3 rings (SSSR count). The third-order valence-corrected chi connectivity index (χ3v) is 4.99. The Bertz CT molecular complexity index is 423. The average molecular weight is 294 g/mol. The van der Waals surface area contributed by atoms with Gasteiger partial charge < -0.3 is 4.90 Å². The number of pyridine rings is 1. The summed E-state index contributed by atoms with van der Waals surface area (Å²) in [6, 6.07) is 4.06. The van der Waals surface area contributed by atoms with E-state index in [2.05, 4.69) is 20.9 Å². The van der Waals surface area contributed by atoms with Crippen molar-refractivity contribution >= 4 is 11.6 Å². The smallest absolute Gasteiger partial charge is 0.133 e. The van der Waals surface area contributed by atoms with Gasteiger partial charge in [0.15, 0.2) is 0 Å². The lowest BCUT2D eigenvalue weighted by atomic mass is 9.96. The maximum atomic E-state index is 6.14. The van der Waals surface area contributed by atoms with E-state index in [0.717, 1.165) is 18.0 Å². The van der Waals surface area contributed by atoms with Crippen molar-refractivity contribution in [1.29, 1.82) is 0 Å². The molecule has 0 aromatic carbocycles. The molecule has 0 saturated carbocycles. The van der Waals surface area contributed by atoms with Crippen LogP contribution in [0.15, 0.2) is 18.3 Å². The number of likely N-dealkylation sites (tertiary alicyclic amines) is 2. The van der Waals surface area contributed by atoms with Crippen molar-refractivity contribution in [3.05, 3.63) is 29.0 Å². The second kappa shape index (κ2) is 6.88. The summed E-state index contributed by atoms with van der Waals surface area (Å²) in [5.74, 6) is 0.897. The molecule has 0 atom stereocenters. The summed E-state index contributed by atoms with van der Waals surface area (Å²) in [4.78, 5) is 9.33. The van der Waals surface area contributed by atoms with E-state index in [9.17, 15) is 0 Å². The van der Waals surface area contributed by atoms with E-state index < -0.39 is 0 Å². The van der Waals surface area contributed by atoms with Gasteiger partial charge in [-0.2, -0.15) is 0 Å². The fourth-order valence-corrected chi connectivity index (χ4v) is 3.61. The van der Waals surface area contributed by atoms with Crippen LogP contribution in [0, 0.1) is 5.92 Å². The van der Waals surface area contributed by atoms with Gasteiger partial charge in [0.2, 0.25) is 0 Å². The van der Waals surface area contributed by atoms with E-state index >= 15 is 0 Å². The van der Waals surface area contributed by atoms with Crippen LogP contribution in [-0.2, 0) is 6.54 Å². The molecule has 2 fully saturated rings. The molecule has 20 heavy (non-hydrogen) atoms. The zero-order chi connectivity index (χ0) is 13.8. The van der Waals surface area contributed by atoms with Gasteiger partial charge in [-0.1, -0.05) is 17.7 Å². The Morgan fingerprint density at radius 2 is 1.85 bits per heavy atom. The molecule has 0 unspecified atom stereocenters. The van der Waals surface area contributed by atoms with Gasteiger partial charge in [0.1, 0.15) is 5.15 Å². The Morgan fingerprint density at radius 1 is 1.10 bits per heavy atom. The first-order chi connectivity index (χ1) is 9.81. The van der Waals surface area contributed by atoms with Crippen LogP contribution in [0.3, 0.4) is 0 Å². The largest absolute Gasteiger partial charge is 0.303 e. The Labute approximate surface area is 126 Å². The number of piperidine rings is 1. The minimum Gasteiger partial charge on any atom is -0.303 e. The Balaban J connectivity index is 1.45. The second-order valence-corrected chi connectivity index (χ2v) is 6.54. The van der Waals surface area contributed by atoms with E-state index in [4.69, 9.17) is 11.6 Å². The normalized spacial score (nSPS) is 22.4. The lowest BCUT2D eigenvalue weighted by Gasteiger charge is -2.33. The molecule has 2 aliphatic heterocycles. The minimum atomic E-state index is 0.659. The molecule has 0 aliphatic carbocycles. The molecular formula is C16H24ClN3. The number of hydrogen-bond acceptors (Lipinski definition) is 3. The van der Waals surface area contributed by atoms with Crippen molar-refractivity contribution in [2.45, 2.75) is 32.2 Å². The molecule has 0 radical (unpaired) electrons. The highest BCUT2D eigenvalue weighted by Crippen LogP contribution is 2.23. The Kier molecular flexibility index (Phi) is 4.92. The number of nitrogens with zero attached hydrogens (tertiary/aromatic N) is 3. The predicted molar refractivity (Wildman–Crippen MR) is 82.9 cm³/mol. The van der Waals surface area contributed by atoms with Crippen LogP contribution in [0.4, 0.5) is 0 Å². The molecule has 0 spiro atoms. The van der Waals surface area contributed by atoms with Crippen molar-refractivity contribution in [3.63, 3.8) is 0 Å². The van der Waals surface area contributed by atoms with Crippen molar-refractivity contribution in [2.75, 3.05) is 32.7 Å². The first kappa shape index (κ1) is 14.3. The second-order valence-electron chi connectivity index (χ2n) is 6.18. The van der Waals surface area contributed by atoms with Crippen LogP contribution >= 0.6 is 11.6 Å². The number of rotatable bonds is 4. The lowest BCUT2D eigenvalue weighted by molar-refractivity contribution is 0.149. The minimum absolute atomic E-state index is 0.659. The summed E-state index contributed by atoms with van der Waals surface area (Å²) in [5, 5.41) is 0.659. The summed E-state index contributed by atoms with van der Waals surface area (Å²) in [5.41, 5.74) is 1.16. The molecule has 3 heterocycles. The molecule has 4 heteroatoms. The van der Waals surface area contributed by atoms with E-state index in [-0.39, 0.29) is 0 Å². The summed E-state index contributed by atoms with van der Waals surface area (Å²) >= 11 is 6.14. The van der Waals surface area contributed by atoms with Gasteiger partial charge in [0, 0.05) is 24.8 Å². The molecule has 1 aromatic rings. The topological polar surface area (TPSA) is 19.4 Å². The summed E-state index contributed by atoms with van der Waals surface area (Å²) in [6.07, 6.45) is 7.22. The summed E-state index contributed by atoms with van der Waals surface area (Å²) < 4.78 is 0. The van der Waals surface area contributed by atoms with Crippen LogP contribution in [0.2, 0.25) is 5.15 Å². The molecular weight excluding hydrogens is 270 g/mol. The highest BCUT2D eigenvalue weighted by molar-refractivity contribution is 6.30. The van der Waals surface area contributed by atoms with Crippen molar-refractivity contribution in [3.8, 4) is 0 Å². The molecule has 0 N–H and O–H groups in total. The SMILES string of the molecule is Clc1ncccc1CN1CCC(CN2CCCC2)CC1. The third-order valence-electron chi connectivity index (χ3n) is 4.65. The van der Waals surface area contributed by atoms with E-state index in [1.807, 2.05) is 6.07 Å². The van der Waals surface area contributed by atoms with Gasteiger partial charge in [-0.3, -0.25) is 4.90 Å². The lowest BCUT2D eigenvalue weighted by Crippen LogP contribution is -2.37. The van der Waals surface area contributed by atoms with Gasteiger partial charge in [-0.05, 0) is 63.8 Å². The molecule has 2 saturated heterocycles. The van der Waals surface area contributed by atoms with Gasteiger partial charge in [-0.25, -0.2) is 4.98 Å². The zero-order valence-electron chi connectivity index (χ0n) is 12.1. The average Bonchev–Trinajstić information content (AvgIpc) is 2.96. The molecule has 1 aromatic heterocycles. The Morgan fingerprint density at radius 3 is 2.55 bits per heavy atom.